The predicted molar refractivity (Wildman–Crippen MR) is 55.1 cm³/mol. The second kappa shape index (κ2) is 4.29. The SMILES string of the molecule is CCC(C)C1CCCCC1[SiH3]. The van der Waals surface area contributed by atoms with Crippen molar-refractivity contribution in [3.63, 3.8) is 0 Å². The fourth-order valence-electron chi connectivity index (χ4n) is 2.49. The molecule has 1 heteroatoms. The van der Waals surface area contributed by atoms with Gasteiger partial charge in [0.05, 0.1) is 0 Å². The van der Waals surface area contributed by atoms with E-state index < -0.39 is 0 Å². The van der Waals surface area contributed by atoms with Crippen LogP contribution in [0.25, 0.3) is 0 Å². The minimum absolute atomic E-state index is 0.998. The maximum atomic E-state index is 2.45. The first kappa shape index (κ1) is 9.31. The smallest absolute Gasteiger partial charge is 0.00709 e. The van der Waals surface area contributed by atoms with Crippen molar-refractivity contribution in [3.8, 4) is 0 Å². The highest BCUT2D eigenvalue weighted by molar-refractivity contribution is 6.11. The van der Waals surface area contributed by atoms with Gasteiger partial charge in [0.2, 0.25) is 0 Å². The Labute approximate surface area is 74.2 Å². The van der Waals surface area contributed by atoms with Crippen LogP contribution in [-0.4, -0.2) is 10.2 Å². The summed E-state index contributed by atoms with van der Waals surface area (Å²) in [5, 5.41) is 0. The zero-order chi connectivity index (χ0) is 8.27. The van der Waals surface area contributed by atoms with Crippen LogP contribution in [0.3, 0.4) is 0 Å². The molecule has 1 fully saturated rings. The first-order valence-corrected chi connectivity index (χ1v) is 6.41. The minimum Gasteiger partial charge on any atom is -0.0651 e. The quantitative estimate of drug-likeness (QED) is 0.558. The van der Waals surface area contributed by atoms with Crippen LogP contribution >= 0.6 is 0 Å². The van der Waals surface area contributed by atoms with E-state index in [1.165, 1.54) is 35.9 Å². The third-order valence-electron chi connectivity index (χ3n) is 3.55. The highest BCUT2D eigenvalue weighted by Gasteiger charge is 2.24. The van der Waals surface area contributed by atoms with Gasteiger partial charge in [-0.05, 0) is 11.8 Å². The fraction of sp³-hybridized carbons (Fsp3) is 1.00. The van der Waals surface area contributed by atoms with E-state index >= 15 is 0 Å². The molecule has 0 aromatic heterocycles. The molecule has 1 aliphatic carbocycles. The van der Waals surface area contributed by atoms with Crippen LogP contribution in [0.4, 0.5) is 0 Å². The minimum atomic E-state index is 0.998. The van der Waals surface area contributed by atoms with Gasteiger partial charge in [0.1, 0.15) is 0 Å². The number of hydrogen-bond acceptors (Lipinski definition) is 0. The Balaban J connectivity index is 2.40. The summed E-state index contributed by atoms with van der Waals surface area (Å²) >= 11 is 0. The maximum absolute atomic E-state index is 2.45. The summed E-state index contributed by atoms with van der Waals surface area (Å²) in [6.45, 7) is 4.79. The van der Waals surface area contributed by atoms with Crippen molar-refractivity contribution in [1.82, 2.24) is 0 Å². The van der Waals surface area contributed by atoms with Crippen molar-refractivity contribution in [2.24, 2.45) is 11.8 Å². The van der Waals surface area contributed by atoms with Crippen LogP contribution in [-0.2, 0) is 0 Å². The normalized spacial score (nSPS) is 35.5. The highest BCUT2D eigenvalue weighted by Crippen LogP contribution is 2.38. The van der Waals surface area contributed by atoms with E-state index in [0.717, 1.165) is 17.4 Å². The second-order valence-electron chi connectivity index (χ2n) is 4.31. The van der Waals surface area contributed by atoms with Crippen molar-refractivity contribution in [2.75, 3.05) is 0 Å². The molecule has 3 unspecified atom stereocenters. The molecule has 0 amide bonds. The van der Waals surface area contributed by atoms with E-state index in [0.29, 0.717) is 0 Å². The largest absolute Gasteiger partial charge is 0.0651 e. The molecule has 0 aromatic rings. The molecule has 0 N–H and O–H groups in total. The monoisotopic (exact) mass is 170 g/mol. The lowest BCUT2D eigenvalue weighted by atomic mass is 9.79. The molecule has 1 rings (SSSR count). The molecular formula is C10H22Si. The average molecular weight is 170 g/mol. The third kappa shape index (κ3) is 2.33. The Morgan fingerprint density at radius 3 is 2.55 bits per heavy atom. The topological polar surface area (TPSA) is 0 Å². The Morgan fingerprint density at radius 2 is 2.00 bits per heavy atom. The van der Waals surface area contributed by atoms with Crippen LogP contribution in [0.15, 0.2) is 0 Å². The summed E-state index contributed by atoms with van der Waals surface area (Å²) in [5.74, 6) is 2.10. The summed E-state index contributed by atoms with van der Waals surface area (Å²) in [6.07, 6.45) is 7.49. The molecule has 66 valence electrons. The van der Waals surface area contributed by atoms with E-state index in [4.69, 9.17) is 0 Å². The lowest BCUT2D eigenvalue weighted by molar-refractivity contribution is 0.259. The average Bonchev–Trinajstić information content (AvgIpc) is 2.04. The summed E-state index contributed by atoms with van der Waals surface area (Å²) in [4.78, 5) is 0. The van der Waals surface area contributed by atoms with Gasteiger partial charge in [-0.25, -0.2) is 0 Å². The lowest BCUT2D eigenvalue weighted by Crippen LogP contribution is -2.21. The van der Waals surface area contributed by atoms with Crippen molar-refractivity contribution in [1.29, 1.82) is 0 Å². The van der Waals surface area contributed by atoms with Gasteiger partial charge in [0.15, 0.2) is 0 Å². The highest BCUT2D eigenvalue weighted by atomic mass is 28.1. The molecule has 1 aliphatic rings. The van der Waals surface area contributed by atoms with E-state index in [9.17, 15) is 0 Å². The molecule has 0 bridgehead atoms. The molecule has 1 saturated carbocycles. The van der Waals surface area contributed by atoms with E-state index in [1.54, 1.807) is 6.42 Å². The number of rotatable bonds is 2. The molecule has 11 heavy (non-hydrogen) atoms. The van der Waals surface area contributed by atoms with Crippen molar-refractivity contribution < 1.29 is 0 Å². The summed E-state index contributed by atoms with van der Waals surface area (Å²) < 4.78 is 0. The molecule has 0 aliphatic heterocycles. The van der Waals surface area contributed by atoms with Gasteiger partial charge in [-0.2, -0.15) is 0 Å². The van der Waals surface area contributed by atoms with Crippen molar-refractivity contribution in [3.05, 3.63) is 0 Å². The Hall–Kier alpha value is 0.217. The van der Waals surface area contributed by atoms with E-state index in [-0.39, 0.29) is 0 Å². The van der Waals surface area contributed by atoms with Crippen LogP contribution in [0.1, 0.15) is 46.0 Å². The van der Waals surface area contributed by atoms with Crippen LogP contribution in [0, 0.1) is 11.8 Å². The molecular weight excluding hydrogens is 148 g/mol. The zero-order valence-corrected chi connectivity index (χ0v) is 10.3. The molecule has 0 aromatic carbocycles. The van der Waals surface area contributed by atoms with Gasteiger partial charge in [0, 0.05) is 10.2 Å². The van der Waals surface area contributed by atoms with Gasteiger partial charge in [-0.3, -0.25) is 0 Å². The molecule has 0 radical (unpaired) electrons. The first-order chi connectivity index (χ1) is 5.25. The van der Waals surface area contributed by atoms with E-state index in [1.807, 2.05) is 0 Å². The zero-order valence-electron chi connectivity index (χ0n) is 8.27. The number of hydrogen-bond donors (Lipinski definition) is 0. The fourth-order valence-corrected chi connectivity index (χ4v) is 3.89. The maximum Gasteiger partial charge on any atom is 0.00709 e. The van der Waals surface area contributed by atoms with E-state index in [2.05, 4.69) is 13.8 Å². The predicted octanol–water partition coefficient (Wildman–Crippen LogP) is 2.38. The molecule has 0 nitrogen and oxygen atoms in total. The van der Waals surface area contributed by atoms with Gasteiger partial charge < -0.3 is 0 Å². The summed E-state index contributed by atoms with van der Waals surface area (Å²) in [7, 11) is 1.44. The van der Waals surface area contributed by atoms with Gasteiger partial charge in [-0.15, -0.1) is 0 Å². The van der Waals surface area contributed by atoms with Gasteiger partial charge in [-0.1, -0.05) is 51.5 Å². The Kier molecular flexibility index (Phi) is 3.63. The Morgan fingerprint density at radius 1 is 1.36 bits per heavy atom. The summed E-state index contributed by atoms with van der Waals surface area (Å²) in [5.41, 5.74) is 1.14. The second-order valence-corrected chi connectivity index (χ2v) is 5.79. The molecule has 3 atom stereocenters. The van der Waals surface area contributed by atoms with Crippen molar-refractivity contribution in [2.45, 2.75) is 51.5 Å². The van der Waals surface area contributed by atoms with Crippen LogP contribution < -0.4 is 0 Å². The lowest BCUT2D eigenvalue weighted by Gasteiger charge is -2.33. The molecule has 0 spiro atoms. The summed E-state index contributed by atoms with van der Waals surface area (Å²) in [6, 6.07) is 0. The standard InChI is InChI=1S/C10H22Si/c1-3-8(2)9-6-4-5-7-10(9)11/h8-10H,3-7H2,1-2,11H3. The molecule has 0 saturated heterocycles. The third-order valence-corrected chi connectivity index (χ3v) is 4.99. The Bertz CT molecular complexity index is 107. The first-order valence-electron chi connectivity index (χ1n) is 5.25. The molecule has 0 heterocycles. The van der Waals surface area contributed by atoms with Crippen LogP contribution in [0.5, 0.6) is 0 Å². The van der Waals surface area contributed by atoms with Crippen molar-refractivity contribution >= 4 is 10.2 Å². The van der Waals surface area contributed by atoms with Crippen LogP contribution in [0.2, 0.25) is 5.54 Å². The van der Waals surface area contributed by atoms with Gasteiger partial charge >= 0.3 is 0 Å². The van der Waals surface area contributed by atoms with Gasteiger partial charge in [0.25, 0.3) is 0 Å².